The van der Waals surface area contributed by atoms with Crippen molar-refractivity contribution in [2.75, 3.05) is 13.1 Å². The highest BCUT2D eigenvalue weighted by molar-refractivity contribution is 9.11. The minimum absolute atomic E-state index is 0.509. The first-order valence-electron chi connectivity index (χ1n) is 6.12. The smallest absolute Gasteiger partial charge is 0.132 e. The van der Waals surface area contributed by atoms with Crippen LogP contribution in [0, 0.1) is 0 Å². The molecule has 1 aliphatic heterocycles. The summed E-state index contributed by atoms with van der Waals surface area (Å²) in [6, 6.07) is 6.15. The van der Waals surface area contributed by atoms with Crippen molar-refractivity contribution in [2.24, 2.45) is 0 Å². The SMILES string of the molecule is Brc1ccc(-c2ccnc(C3CCNCC3)n2)s1. The van der Waals surface area contributed by atoms with Crippen molar-refractivity contribution in [1.82, 2.24) is 15.3 Å². The van der Waals surface area contributed by atoms with E-state index in [4.69, 9.17) is 4.98 Å². The van der Waals surface area contributed by atoms with Crippen LogP contribution in [-0.2, 0) is 0 Å². The van der Waals surface area contributed by atoms with Gasteiger partial charge in [-0.25, -0.2) is 9.97 Å². The van der Waals surface area contributed by atoms with Crippen LogP contribution in [0.1, 0.15) is 24.6 Å². The molecule has 1 fully saturated rings. The number of piperidine rings is 1. The maximum Gasteiger partial charge on any atom is 0.132 e. The standard InChI is InChI=1S/C13H14BrN3S/c14-12-2-1-11(18-12)10-5-8-16-13(17-10)9-3-6-15-7-4-9/h1-2,5,8-9,15H,3-4,6-7H2. The van der Waals surface area contributed by atoms with Gasteiger partial charge >= 0.3 is 0 Å². The summed E-state index contributed by atoms with van der Waals surface area (Å²) >= 11 is 5.20. The van der Waals surface area contributed by atoms with Crippen molar-refractivity contribution in [2.45, 2.75) is 18.8 Å². The van der Waals surface area contributed by atoms with Gasteiger partial charge in [-0.05, 0) is 60.1 Å². The molecule has 0 atom stereocenters. The monoisotopic (exact) mass is 323 g/mol. The first-order chi connectivity index (χ1) is 8.83. The van der Waals surface area contributed by atoms with Crippen LogP contribution >= 0.6 is 27.3 Å². The van der Waals surface area contributed by atoms with Gasteiger partial charge in [-0.2, -0.15) is 0 Å². The molecule has 1 aliphatic rings. The van der Waals surface area contributed by atoms with E-state index in [0.717, 1.165) is 41.2 Å². The summed E-state index contributed by atoms with van der Waals surface area (Å²) in [5.41, 5.74) is 1.04. The normalized spacial score (nSPS) is 16.9. The van der Waals surface area contributed by atoms with Crippen LogP contribution in [0.4, 0.5) is 0 Å². The quantitative estimate of drug-likeness (QED) is 0.920. The molecule has 18 heavy (non-hydrogen) atoms. The average molecular weight is 324 g/mol. The van der Waals surface area contributed by atoms with Gasteiger partial charge in [0.25, 0.3) is 0 Å². The number of halogens is 1. The highest BCUT2D eigenvalue weighted by atomic mass is 79.9. The Hall–Kier alpha value is -0.780. The minimum Gasteiger partial charge on any atom is -0.317 e. The van der Waals surface area contributed by atoms with Gasteiger partial charge in [0.05, 0.1) is 14.4 Å². The minimum atomic E-state index is 0.509. The molecule has 0 bridgehead atoms. The first-order valence-corrected chi connectivity index (χ1v) is 7.73. The largest absolute Gasteiger partial charge is 0.317 e. The molecule has 0 aliphatic carbocycles. The van der Waals surface area contributed by atoms with Gasteiger partial charge in [-0.3, -0.25) is 0 Å². The predicted molar refractivity (Wildman–Crippen MR) is 77.9 cm³/mol. The molecule has 5 heteroatoms. The molecule has 94 valence electrons. The van der Waals surface area contributed by atoms with Gasteiger partial charge in [0, 0.05) is 12.1 Å². The van der Waals surface area contributed by atoms with Gasteiger partial charge in [0.2, 0.25) is 0 Å². The van der Waals surface area contributed by atoms with E-state index in [0.29, 0.717) is 5.92 Å². The van der Waals surface area contributed by atoms with Gasteiger partial charge in [0.1, 0.15) is 5.82 Å². The molecule has 3 rings (SSSR count). The fourth-order valence-electron chi connectivity index (χ4n) is 2.24. The highest BCUT2D eigenvalue weighted by Crippen LogP contribution is 2.31. The molecular formula is C13H14BrN3S. The molecule has 3 nitrogen and oxygen atoms in total. The van der Waals surface area contributed by atoms with E-state index >= 15 is 0 Å². The zero-order valence-electron chi connectivity index (χ0n) is 9.90. The Kier molecular flexibility index (Phi) is 3.72. The van der Waals surface area contributed by atoms with Crippen molar-refractivity contribution in [1.29, 1.82) is 0 Å². The Morgan fingerprint density at radius 1 is 1.22 bits per heavy atom. The summed E-state index contributed by atoms with van der Waals surface area (Å²) in [4.78, 5) is 10.4. The summed E-state index contributed by atoms with van der Waals surface area (Å²) in [6.45, 7) is 2.14. The molecular weight excluding hydrogens is 310 g/mol. The number of hydrogen-bond donors (Lipinski definition) is 1. The summed E-state index contributed by atoms with van der Waals surface area (Å²) in [5.74, 6) is 1.51. The van der Waals surface area contributed by atoms with Gasteiger partial charge in [-0.15, -0.1) is 11.3 Å². The van der Waals surface area contributed by atoms with Crippen LogP contribution in [-0.4, -0.2) is 23.1 Å². The predicted octanol–water partition coefficient (Wildman–Crippen LogP) is 3.43. The Morgan fingerprint density at radius 3 is 2.78 bits per heavy atom. The second-order valence-corrected chi connectivity index (χ2v) is 6.89. The van der Waals surface area contributed by atoms with Gasteiger partial charge < -0.3 is 5.32 Å². The lowest BCUT2D eigenvalue weighted by atomic mass is 9.97. The third-order valence-corrected chi connectivity index (χ3v) is 4.85. The number of thiophene rings is 1. The Bertz CT molecular complexity index is 535. The molecule has 2 aromatic rings. The highest BCUT2D eigenvalue weighted by Gasteiger charge is 2.18. The van der Waals surface area contributed by atoms with Crippen molar-refractivity contribution >= 4 is 27.3 Å². The summed E-state index contributed by atoms with van der Waals surface area (Å²) in [5, 5.41) is 3.37. The maximum absolute atomic E-state index is 4.73. The van der Waals surface area contributed by atoms with Crippen LogP contribution < -0.4 is 5.32 Å². The Morgan fingerprint density at radius 2 is 2.06 bits per heavy atom. The van der Waals surface area contributed by atoms with Gasteiger partial charge in [-0.1, -0.05) is 0 Å². The molecule has 0 radical (unpaired) electrons. The topological polar surface area (TPSA) is 37.8 Å². The number of nitrogens with one attached hydrogen (secondary N) is 1. The van der Waals surface area contributed by atoms with E-state index in [1.807, 2.05) is 12.3 Å². The second-order valence-electron chi connectivity index (χ2n) is 4.43. The van der Waals surface area contributed by atoms with Crippen LogP contribution in [0.25, 0.3) is 10.6 Å². The van der Waals surface area contributed by atoms with E-state index in [1.165, 1.54) is 4.88 Å². The number of rotatable bonds is 2. The van der Waals surface area contributed by atoms with Crippen molar-refractivity contribution in [3.8, 4) is 10.6 Å². The molecule has 1 saturated heterocycles. The third kappa shape index (κ3) is 2.63. The first kappa shape index (κ1) is 12.3. The molecule has 0 unspecified atom stereocenters. The van der Waals surface area contributed by atoms with Crippen molar-refractivity contribution < 1.29 is 0 Å². The fourth-order valence-corrected chi connectivity index (χ4v) is 3.60. The van der Waals surface area contributed by atoms with E-state index in [9.17, 15) is 0 Å². The van der Waals surface area contributed by atoms with E-state index in [2.05, 4.69) is 38.4 Å². The lowest BCUT2D eigenvalue weighted by molar-refractivity contribution is 0.445. The van der Waals surface area contributed by atoms with Crippen LogP contribution in [0.5, 0.6) is 0 Å². The summed E-state index contributed by atoms with van der Waals surface area (Å²) in [7, 11) is 0. The van der Waals surface area contributed by atoms with Crippen LogP contribution in [0.15, 0.2) is 28.2 Å². The molecule has 0 saturated carbocycles. The van der Waals surface area contributed by atoms with E-state index < -0.39 is 0 Å². The summed E-state index contributed by atoms with van der Waals surface area (Å²) < 4.78 is 1.14. The van der Waals surface area contributed by atoms with E-state index in [-0.39, 0.29) is 0 Å². The molecule has 2 aromatic heterocycles. The molecule has 0 spiro atoms. The zero-order valence-corrected chi connectivity index (χ0v) is 12.3. The Balaban J connectivity index is 1.88. The lowest BCUT2D eigenvalue weighted by Gasteiger charge is -2.21. The lowest BCUT2D eigenvalue weighted by Crippen LogP contribution is -2.27. The molecule has 0 aromatic carbocycles. The van der Waals surface area contributed by atoms with E-state index in [1.54, 1.807) is 11.3 Å². The summed E-state index contributed by atoms with van der Waals surface area (Å²) in [6.07, 6.45) is 4.16. The second kappa shape index (κ2) is 5.47. The van der Waals surface area contributed by atoms with Crippen LogP contribution in [0.2, 0.25) is 0 Å². The molecule has 1 N–H and O–H groups in total. The molecule has 0 amide bonds. The van der Waals surface area contributed by atoms with Crippen LogP contribution in [0.3, 0.4) is 0 Å². The third-order valence-electron chi connectivity index (χ3n) is 3.20. The number of nitrogens with zero attached hydrogens (tertiary/aromatic N) is 2. The average Bonchev–Trinajstić information content (AvgIpc) is 2.87. The van der Waals surface area contributed by atoms with Crippen molar-refractivity contribution in [3.05, 3.63) is 34.0 Å². The van der Waals surface area contributed by atoms with Gasteiger partial charge in [0.15, 0.2) is 0 Å². The Labute approximate surface area is 119 Å². The molecule has 3 heterocycles. The maximum atomic E-state index is 4.73. The number of aromatic nitrogens is 2. The zero-order chi connectivity index (χ0) is 12.4. The fraction of sp³-hybridized carbons (Fsp3) is 0.385. The number of hydrogen-bond acceptors (Lipinski definition) is 4. The van der Waals surface area contributed by atoms with Crippen molar-refractivity contribution in [3.63, 3.8) is 0 Å².